The minimum absolute atomic E-state index is 0.0398. The van der Waals surface area contributed by atoms with Gasteiger partial charge < -0.3 is 15.4 Å². The predicted molar refractivity (Wildman–Crippen MR) is 140 cm³/mol. The Bertz CT molecular complexity index is 1010. The van der Waals surface area contributed by atoms with E-state index in [-0.39, 0.29) is 5.92 Å². The normalized spacial score (nSPS) is 16.9. The van der Waals surface area contributed by atoms with Gasteiger partial charge in [0.25, 0.3) is 0 Å². The number of nitrogens with zero attached hydrogens (tertiary/aromatic N) is 2. The predicted octanol–water partition coefficient (Wildman–Crippen LogP) is 5.33. The van der Waals surface area contributed by atoms with E-state index < -0.39 is 15.7 Å². The van der Waals surface area contributed by atoms with Crippen LogP contribution in [-0.4, -0.2) is 33.6 Å². The topological polar surface area (TPSA) is 94.5 Å². The lowest BCUT2D eigenvalue weighted by Crippen LogP contribution is -2.39. The van der Waals surface area contributed by atoms with Crippen molar-refractivity contribution in [2.45, 2.75) is 43.8 Å². The summed E-state index contributed by atoms with van der Waals surface area (Å²) in [7, 11) is -1.49. The summed E-state index contributed by atoms with van der Waals surface area (Å²) < 4.78 is 17.7. The first-order valence-corrected chi connectivity index (χ1v) is 12.9. The fourth-order valence-electron chi connectivity index (χ4n) is 4.39. The Labute approximate surface area is 208 Å². The number of ether oxygens (including phenoxy) is 1. The van der Waals surface area contributed by atoms with Crippen molar-refractivity contribution in [1.29, 1.82) is 0 Å². The summed E-state index contributed by atoms with van der Waals surface area (Å²) in [6.45, 7) is 9.65. The lowest BCUT2D eigenvalue weighted by atomic mass is 9.75. The van der Waals surface area contributed by atoms with Crippen LogP contribution in [0.4, 0.5) is 11.5 Å². The van der Waals surface area contributed by atoms with Crippen LogP contribution < -0.4 is 20.5 Å². The van der Waals surface area contributed by atoms with Crippen molar-refractivity contribution in [2.24, 2.45) is 11.1 Å². The molecule has 1 aliphatic heterocycles. The highest BCUT2D eigenvalue weighted by Gasteiger charge is 2.36. The molecule has 4 N–H and O–H groups in total. The minimum Gasteiger partial charge on any atom is -0.489 e. The van der Waals surface area contributed by atoms with Gasteiger partial charge in [-0.3, -0.25) is 5.14 Å². The van der Waals surface area contributed by atoms with Crippen LogP contribution in [-0.2, 0) is 11.0 Å². The summed E-state index contributed by atoms with van der Waals surface area (Å²) in [5, 5.41) is 6.76. The Balaban J connectivity index is 1.92. The van der Waals surface area contributed by atoms with E-state index in [2.05, 4.69) is 16.5 Å². The largest absolute Gasteiger partial charge is 0.489 e. The van der Waals surface area contributed by atoms with Crippen LogP contribution in [0.25, 0.3) is 0 Å². The molecule has 0 spiro atoms. The Morgan fingerprint density at radius 3 is 2.58 bits per heavy atom. The van der Waals surface area contributed by atoms with E-state index in [1.165, 1.54) is 0 Å². The summed E-state index contributed by atoms with van der Waals surface area (Å²) in [5.74, 6) is 1.91. The van der Waals surface area contributed by atoms with Crippen molar-refractivity contribution in [3.63, 3.8) is 0 Å². The monoisotopic (exact) mass is 510 g/mol. The van der Waals surface area contributed by atoms with E-state index in [1.807, 2.05) is 26.0 Å². The number of benzene rings is 1. The van der Waals surface area contributed by atoms with Gasteiger partial charge in [0, 0.05) is 37.1 Å². The molecule has 2 heterocycles. The second-order valence-corrected chi connectivity index (χ2v) is 11.6. The zero-order valence-electron chi connectivity index (χ0n) is 19.1. The van der Waals surface area contributed by atoms with Crippen LogP contribution in [0, 0.1) is 5.92 Å². The number of nitrogen functional groups attached to an aromatic ring is 1. The van der Waals surface area contributed by atoms with Gasteiger partial charge >= 0.3 is 0 Å². The highest BCUT2D eigenvalue weighted by Crippen LogP contribution is 2.45. The molecule has 1 aliphatic rings. The van der Waals surface area contributed by atoms with E-state index in [0.717, 1.165) is 37.3 Å². The van der Waals surface area contributed by atoms with E-state index >= 15 is 0 Å². The van der Waals surface area contributed by atoms with Crippen molar-refractivity contribution in [3.8, 4) is 5.75 Å². The quantitative estimate of drug-likeness (QED) is 0.444. The molecule has 1 aromatic carbocycles. The number of hydrogen-bond acceptors (Lipinski definition) is 5. The van der Waals surface area contributed by atoms with Crippen LogP contribution >= 0.6 is 23.2 Å². The lowest BCUT2D eigenvalue weighted by Gasteiger charge is -2.39. The third-order valence-electron chi connectivity index (χ3n) is 6.27. The first-order chi connectivity index (χ1) is 15.6. The maximum Gasteiger partial charge on any atom is 0.130 e. The van der Waals surface area contributed by atoms with E-state index in [1.54, 1.807) is 24.4 Å². The van der Waals surface area contributed by atoms with Crippen molar-refractivity contribution in [2.75, 3.05) is 30.3 Å². The van der Waals surface area contributed by atoms with Crippen molar-refractivity contribution >= 4 is 45.7 Å². The SMILES string of the molecule is C=CCOc1cc(Cl)c(Cl)cc1[C@H](CC(C)(C)S(N)=O)C1CCN(c2cc(N)ccn2)CC1. The maximum absolute atomic E-state index is 12.3. The second kappa shape index (κ2) is 11.1. The van der Waals surface area contributed by atoms with Crippen LogP contribution in [0.5, 0.6) is 5.75 Å². The Morgan fingerprint density at radius 2 is 1.97 bits per heavy atom. The molecule has 0 radical (unpaired) electrons. The Hall–Kier alpha value is -1.80. The molecule has 1 unspecified atom stereocenters. The van der Waals surface area contributed by atoms with Gasteiger partial charge in [0.2, 0.25) is 0 Å². The van der Waals surface area contributed by atoms with Gasteiger partial charge in [0.1, 0.15) is 18.2 Å². The average molecular weight is 512 g/mol. The van der Waals surface area contributed by atoms with Crippen LogP contribution in [0.2, 0.25) is 10.0 Å². The van der Waals surface area contributed by atoms with Crippen molar-refractivity contribution < 1.29 is 8.95 Å². The molecule has 1 saturated heterocycles. The smallest absolute Gasteiger partial charge is 0.130 e. The van der Waals surface area contributed by atoms with E-state index in [4.69, 9.17) is 38.8 Å². The highest BCUT2D eigenvalue weighted by molar-refractivity contribution is 7.84. The van der Waals surface area contributed by atoms with E-state index in [0.29, 0.717) is 40.4 Å². The molecule has 0 aliphatic carbocycles. The fraction of sp³-hybridized carbons (Fsp3) is 0.458. The molecule has 1 aromatic heterocycles. The van der Waals surface area contributed by atoms with Gasteiger partial charge in [0.15, 0.2) is 0 Å². The zero-order chi connectivity index (χ0) is 24.2. The second-order valence-electron chi connectivity index (χ2n) is 9.04. The molecular weight excluding hydrogens is 479 g/mol. The van der Waals surface area contributed by atoms with Crippen molar-refractivity contribution in [1.82, 2.24) is 4.98 Å². The van der Waals surface area contributed by atoms with Gasteiger partial charge in [-0.05, 0) is 62.6 Å². The van der Waals surface area contributed by atoms with Gasteiger partial charge in [0.05, 0.1) is 25.8 Å². The van der Waals surface area contributed by atoms with Crippen LogP contribution in [0.3, 0.4) is 0 Å². The summed E-state index contributed by atoms with van der Waals surface area (Å²) >= 11 is 12.7. The molecule has 2 aromatic rings. The standard InChI is InChI=1S/C24H32Cl2N4O2S/c1-4-11-32-22-14-21(26)20(25)13-18(22)19(15-24(2,3)33(28)31)16-6-9-30(10-7-16)23-12-17(27)5-8-29-23/h4-5,8,12-14,16,19H,1,6-7,9-11,15,28H2,2-3H3,(H2,27,29)/t19-,33?/m1/s1. The molecule has 6 nitrogen and oxygen atoms in total. The minimum atomic E-state index is -1.49. The number of anilines is 2. The number of piperidine rings is 1. The molecule has 0 bridgehead atoms. The number of aromatic nitrogens is 1. The molecule has 3 rings (SSSR count). The summed E-state index contributed by atoms with van der Waals surface area (Å²) in [6, 6.07) is 7.33. The first kappa shape index (κ1) is 25.8. The Morgan fingerprint density at radius 1 is 1.30 bits per heavy atom. The molecule has 180 valence electrons. The molecule has 2 atom stereocenters. The maximum atomic E-state index is 12.3. The summed E-state index contributed by atoms with van der Waals surface area (Å²) in [5.41, 5.74) is 7.61. The number of hydrogen-bond donors (Lipinski definition) is 2. The van der Waals surface area contributed by atoms with E-state index in [9.17, 15) is 4.21 Å². The molecule has 9 heteroatoms. The summed E-state index contributed by atoms with van der Waals surface area (Å²) in [6.07, 6.45) is 5.90. The Kier molecular flexibility index (Phi) is 8.67. The molecule has 0 amide bonds. The summed E-state index contributed by atoms with van der Waals surface area (Å²) in [4.78, 5) is 6.72. The molecular formula is C24H32Cl2N4O2S. The highest BCUT2D eigenvalue weighted by atomic mass is 35.5. The van der Waals surface area contributed by atoms with Crippen LogP contribution in [0.1, 0.15) is 44.6 Å². The number of rotatable bonds is 9. The molecule has 1 fully saturated rings. The number of halogens is 2. The van der Waals surface area contributed by atoms with Crippen molar-refractivity contribution in [3.05, 3.63) is 58.7 Å². The number of pyridine rings is 1. The van der Waals surface area contributed by atoms with Crippen LogP contribution in [0.15, 0.2) is 43.1 Å². The first-order valence-electron chi connectivity index (χ1n) is 11.0. The number of nitrogens with two attached hydrogens (primary N) is 2. The lowest BCUT2D eigenvalue weighted by molar-refractivity contribution is 0.296. The van der Waals surface area contributed by atoms with Gasteiger partial charge in [-0.25, -0.2) is 9.19 Å². The van der Waals surface area contributed by atoms with Gasteiger partial charge in [-0.15, -0.1) is 0 Å². The third kappa shape index (κ3) is 6.41. The van der Waals surface area contributed by atoms with Gasteiger partial charge in [-0.1, -0.05) is 35.9 Å². The average Bonchev–Trinajstić information content (AvgIpc) is 2.78. The molecule has 33 heavy (non-hydrogen) atoms. The van der Waals surface area contributed by atoms with Gasteiger partial charge in [-0.2, -0.15) is 0 Å². The zero-order valence-corrected chi connectivity index (χ0v) is 21.4. The third-order valence-corrected chi connectivity index (χ3v) is 8.25. The molecule has 0 saturated carbocycles. The fourth-order valence-corrected chi connectivity index (χ4v) is 5.06.